The second-order valence-corrected chi connectivity index (χ2v) is 7.61. The van der Waals surface area contributed by atoms with Crippen molar-refractivity contribution < 1.29 is 18.4 Å². The van der Waals surface area contributed by atoms with Crippen LogP contribution >= 0.6 is 23.1 Å². The number of ketones is 1. The van der Waals surface area contributed by atoms with E-state index in [0.717, 1.165) is 4.88 Å². The summed E-state index contributed by atoms with van der Waals surface area (Å²) in [6.45, 7) is 3.67. The van der Waals surface area contributed by atoms with E-state index in [2.05, 4.69) is 15.5 Å². The maximum Gasteiger partial charge on any atom is 0.284 e. The summed E-state index contributed by atoms with van der Waals surface area (Å²) in [5.74, 6) is 0.635. The molecule has 0 fully saturated rings. The van der Waals surface area contributed by atoms with Crippen LogP contribution in [0, 0.1) is 0 Å². The molecule has 0 radical (unpaired) electrons. The van der Waals surface area contributed by atoms with Crippen molar-refractivity contribution in [3.8, 4) is 11.7 Å². The average molecular weight is 377 g/mol. The van der Waals surface area contributed by atoms with Crippen molar-refractivity contribution in [3.05, 3.63) is 40.3 Å². The largest absolute Gasteiger partial charge is 0.459 e. The molecule has 0 aliphatic rings. The van der Waals surface area contributed by atoms with Gasteiger partial charge in [0.2, 0.25) is 5.91 Å². The molecule has 130 valence electrons. The molecule has 3 heterocycles. The number of nitrogens with one attached hydrogen (secondary N) is 1. The van der Waals surface area contributed by atoms with Crippen molar-refractivity contribution >= 4 is 34.8 Å². The first-order valence-corrected chi connectivity index (χ1v) is 9.14. The second-order valence-electron chi connectivity index (χ2n) is 5.15. The van der Waals surface area contributed by atoms with Crippen LogP contribution < -0.4 is 5.32 Å². The lowest BCUT2D eigenvalue weighted by Gasteiger charge is -2.05. The van der Waals surface area contributed by atoms with Crippen LogP contribution in [-0.4, -0.2) is 27.1 Å². The van der Waals surface area contributed by atoms with Crippen molar-refractivity contribution in [2.75, 3.05) is 0 Å². The van der Waals surface area contributed by atoms with Crippen molar-refractivity contribution in [1.29, 1.82) is 0 Å². The molecular weight excluding hydrogens is 362 g/mol. The summed E-state index contributed by atoms with van der Waals surface area (Å²) >= 11 is 2.56. The monoisotopic (exact) mass is 377 g/mol. The molecule has 3 rings (SSSR count). The van der Waals surface area contributed by atoms with Crippen LogP contribution in [0.2, 0.25) is 0 Å². The smallest absolute Gasteiger partial charge is 0.284 e. The summed E-state index contributed by atoms with van der Waals surface area (Å²) in [6.07, 6.45) is 1.52. The third-order valence-corrected chi connectivity index (χ3v) is 5.24. The predicted molar refractivity (Wildman–Crippen MR) is 93.5 cm³/mol. The number of rotatable bonds is 7. The highest BCUT2D eigenvalue weighted by molar-refractivity contribution is 8.00. The zero-order chi connectivity index (χ0) is 17.8. The Labute approximate surface area is 151 Å². The molecule has 3 aromatic heterocycles. The molecule has 0 aliphatic carbocycles. The minimum absolute atomic E-state index is 0.0261. The fourth-order valence-electron chi connectivity index (χ4n) is 1.98. The van der Waals surface area contributed by atoms with Crippen LogP contribution in [0.25, 0.3) is 11.7 Å². The van der Waals surface area contributed by atoms with E-state index in [1.807, 2.05) is 6.07 Å². The first-order chi connectivity index (χ1) is 12.0. The average Bonchev–Trinajstić information content (AvgIpc) is 3.32. The zero-order valence-corrected chi connectivity index (χ0v) is 15.1. The van der Waals surface area contributed by atoms with Crippen molar-refractivity contribution in [3.63, 3.8) is 0 Å². The van der Waals surface area contributed by atoms with Crippen LogP contribution in [-0.2, 0) is 11.3 Å². The molecule has 0 unspecified atom stereocenters. The number of carbonyl (C=O) groups is 2. The minimum Gasteiger partial charge on any atom is -0.459 e. The van der Waals surface area contributed by atoms with Crippen molar-refractivity contribution in [2.45, 2.75) is 30.9 Å². The molecule has 0 saturated carbocycles. The highest BCUT2D eigenvalue weighted by atomic mass is 32.2. The van der Waals surface area contributed by atoms with E-state index in [9.17, 15) is 9.59 Å². The SMILES string of the molecule is CC(=O)NCc1ccc(C(=O)[C@@H](C)Sc2nnc(-c3ccco3)o2)s1. The topological polar surface area (TPSA) is 98.2 Å². The highest BCUT2D eigenvalue weighted by Gasteiger charge is 2.22. The van der Waals surface area contributed by atoms with Gasteiger partial charge in [0, 0.05) is 11.8 Å². The van der Waals surface area contributed by atoms with E-state index in [-0.39, 0.29) is 22.8 Å². The Morgan fingerprint density at radius 2 is 2.16 bits per heavy atom. The van der Waals surface area contributed by atoms with Gasteiger partial charge >= 0.3 is 0 Å². The van der Waals surface area contributed by atoms with Crippen LogP contribution in [0.15, 0.2) is 44.6 Å². The second kappa shape index (κ2) is 7.66. The molecule has 0 saturated heterocycles. The number of aromatic nitrogens is 2. The summed E-state index contributed by atoms with van der Waals surface area (Å²) in [7, 11) is 0. The Bertz CT molecular complexity index is 870. The van der Waals surface area contributed by atoms with E-state index >= 15 is 0 Å². The molecule has 0 aromatic carbocycles. The third kappa shape index (κ3) is 4.37. The molecule has 7 nitrogen and oxygen atoms in total. The molecule has 25 heavy (non-hydrogen) atoms. The maximum absolute atomic E-state index is 12.5. The van der Waals surface area contributed by atoms with Crippen molar-refractivity contribution in [2.24, 2.45) is 0 Å². The number of hydrogen-bond donors (Lipinski definition) is 1. The summed E-state index contributed by atoms with van der Waals surface area (Å²) < 4.78 is 10.7. The standard InChI is InChI=1S/C16H15N3O4S2/c1-9(14(21)13-6-5-11(25-13)8-17-10(2)20)24-16-19-18-15(23-16)12-4-3-7-22-12/h3-7,9H,8H2,1-2H3,(H,17,20)/t9-/m1/s1. The molecule has 1 atom stereocenters. The van der Waals surface area contributed by atoms with Crippen LogP contribution in [0.4, 0.5) is 0 Å². The lowest BCUT2D eigenvalue weighted by Crippen LogP contribution is -2.18. The van der Waals surface area contributed by atoms with E-state index in [1.165, 1.54) is 36.3 Å². The van der Waals surface area contributed by atoms with E-state index < -0.39 is 0 Å². The summed E-state index contributed by atoms with van der Waals surface area (Å²) in [5.41, 5.74) is 0. The fourth-order valence-corrected chi connectivity index (χ4v) is 3.78. The normalized spacial score (nSPS) is 12.1. The van der Waals surface area contributed by atoms with Gasteiger partial charge in [0.25, 0.3) is 11.1 Å². The number of thiophene rings is 1. The molecular formula is C16H15N3O4S2. The van der Waals surface area contributed by atoms with Crippen molar-refractivity contribution in [1.82, 2.24) is 15.5 Å². The summed E-state index contributed by atoms with van der Waals surface area (Å²) in [6, 6.07) is 7.06. The Kier molecular flexibility index (Phi) is 5.34. The molecule has 3 aromatic rings. The Morgan fingerprint density at radius 3 is 2.88 bits per heavy atom. The fraction of sp³-hybridized carbons (Fsp3) is 0.250. The third-order valence-electron chi connectivity index (χ3n) is 3.20. The first kappa shape index (κ1) is 17.4. The van der Waals surface area contributed by atoms with Gasteiger partial charge < -0.3 is 14.2 Å². The molecule has 0 aliphatic heterocycles. The number of hydrogen-bond acceptors (Lipinski definition) is 8. The van der Waals surface area contributed by atoms with Crippen LogP contribution in [0.1, 0.15) is 28.4 Å². The summed E-state index contributed by atoms with van der Waals surface area (Å²) in [4.78, 5) is 25.0. The first-order valence-electron chi connectivity index (χ1n) is 7.44. The molecule has 0 bridgehead atoms. The molecule has 1 N–H and O–H groups in total. The van der Waals surface area contributed by atoms with Crippen LogP contribution in [0.3, 0.4) is 0 Å². The van der Waals surface area contributed by atoms with Crippen LogP contribution in [0.5, 0.6) is 0 Å². The van der Waals surface area contributed by atoms with Gasteiger partial charge in [-0.1, -0.05) is 11.8 Å². The molecule has 9 heteroatoms. The Hall–Kier alpha value is -2.39. The van der Waals surface area contributed by atoms with Gasteiger partial charge in [0.05, 0.1) is 22.9 Å². The lowest BCUT2D eigenvalue weighted by molar-refractivity contribution is -0.119. The lowest BCUT2D eigenvalue weighted by atomic mass is 10.2. The van der Waals surface area contributed by atoms with Gasteiger partial charge in [-0.3, -0.25) is 9.59 Å². The summed E-state index contributed by atoms with van der Waals surface area (Å²) in [5, 5.41) is 10.5. The molecule has 0 spiro atoms. The quantitative estimate of drug-likeness (QED) is 0.498. The zero-order valence-electron chi connectivity index (χ0n) is 13.5. The Morgan fingerprint density at radius 1 is 1.32 bits per heavy atom. The highest BCUT2D eigenvalue weighted by Crippen LogP contribution is 2.29. The van der Waals surface area contributed by atoms with Gasteiger partial charge in [0.15, 0.2) is 11.5 Å². The number of carbonyl (C=O) groups excluding carboxylic acids is 2. The number of furan rings is 1. The number of Topliss-reactive ketones (excluding diaryl/α,β-unsaturated/α-hetero) is 1. The molecule has 1 amide bonds. The van der Waals surface area contributed by atoms with E-state index in [0.29, 0.717) is 22.4 Å². The van der Waals surface area contributed by atoms with E-state index in [4.69, 9.17) is 8.83 Å². The van der Waals surface area contributed by atoms with Gasteiger partial charge in [-0.25, -0.2) is 0 Å². The minimum atomic E-state index is -0.378. The number of thioether (sulfide) groups is 1. The Balaban J connectivity index is 1.62. The van der Waals surface area contributed by atoms with Gasteiger partial charge in [-0.2, -0.15) is 0 Å². The maximum atomic E-state index is 12.5. The predicted octanol–water partition coefficient (Wildman–Crippen LogP) is 3.39. The number of nitrogens with zero attached hydrogens (tertiary/aromatic N) is 2. The van der Waals surface area contributed by atoms with Gasteiger partial charge in [-0.05, 0) is 31.2 Å². The van der Waals surface area contributed by atoms with E-state index in [1.54, 1.807) is 25.1 Å². The van der Waals surface area contributed by atoms with Gasteiger partial charge in [-0.15, -0.1) is 21.5 Å². The number of amides is 1. The van der Waals surface area contributed by atoms with Gasteiger partial charge in [0.1, 0.15) is 0 Å².